The molecule has 3 heteroatoms. The van der Waals surface area contributed by atoms with E-state index in [0.29, 0.717) is 6.04 Å². The average molecular weight is 314 g/mol. The summed E-state index contributed by atoms with van der Waals surface area (Å²) in [5, 5.41) is 5.27. The summed E-state index contributed by atoms with van der Waals surface area (Å²) in [6, 6.07) is 6.30. The van der Waals surface area contributed by atoms with Gasteiger partial charge in [-0.25, -0.2) is 0 Å². The lowest BCUT2D eigenvalue weighted by molar-refractivity contribution is 0.349. The highest BCUT2D eigenvalue weighted by Gasteiger charge is 2.29. The summed E-state index contributed by atoms with van der Waals surface area (Å²) in [4.78, 5) is 0. The van der Waals surface area contributed by atoms with Gasteiger partial charge in [0.05, 0.1) is 0 Å². The molecular formula is C17H25Cl2N. The normalized spacial score (nSPS) is 24.0. The van der Waals surface area contributed by atoms with E-state index in [1.165, 1.54) is 31.2 Å². The van der Waals surface area contributed by atoms with E-state index in [4.69, 9.17) is 23.2 Å². The van der Waals surface area contributed by atoms with Crippen LogP contribution in [0, 0.1) is 11.8 Å². The van der Waals surface area contributed by atoms with Gasteiger partial charge in [0.2, 0.25) is 0 Å². The Kier molecular flexibility index (Phi) is 6.20. The van der Waals surface area contributed by atoms with Gasteiger partial charge in [-0.1, -0.05) is 49.9 Å². The lowest BCUT2D eigenvalue weighted by Gasteiger charge is -2.25. The van der Waals surface area contributed by atoms with E-state index in [1.807, 2.05) is 18.2 Å². The molecule has 1 saturated carbocycles. The number of likely N-dealkylation sites (N-methyl/N-ethyl adjacent to an activating group) is 1. The maximum Gasteiger partial charge on any atom is 0.0439 e. The Morgan fingerprint density at radius 2 is 2.05 bits per heavy atom. The Balaban J connectivity index is 2.07. The second-order valence-electron chi connectivity index (χ2n) is 5.95. The fourth-order valence-corrected chi connectivity index (χ4v) is 3.84. The van der Waals surface area contributed by atoms with Crippen molar-refractivity contribution in [3.8, 4) is 0 Å². The minimum Gasteiger partial charge on any atom is -0.314 e. The maximum absolute atomic E-state index is 6.32. The zero-order chi connectivity index (χ0) is 14.5. The highest BCUT2D eigenvalue weighted by Crippen LogP contribution is 2.36. The topological polar surface area (TPSA) is 12.0 Å². The van der Waals surface area contributed by atoms with Crippen molar-refractivity contribution in [2.24, 2.45) is 11.8 Å². The third kappa shape index (κ3) is 4.13. The number of benzene rings is 1. The van der Waals surface area contributed by atoms with Crippen molar-refractivity contribution in [3.05, 3.63) is 33.8 Å². The van der Waals surface area contributed by atoms with Crippen LogP contribution in [0.25, 0.3) is 0 Å². The summed E-state index contributed by atoms with van der Waals surface area (Å²) < 4.78 is 0. The molecule has 0 aromatic heterocycles. The fourth-order valence-electron chi connectivity index (χ4n) is 3.45. The van der Waals surface area contributed by atoms with Gasteiger partial charge in [0.1, 0.15) is 0 Å². The van der Waals surface area contributed by atoms with Crippen molar-refractivity contribution in [2.75, 3.05) is 6.54 Å². The summed E-state index contributed by atoms with van der Waals surface area (Å²) in [6.45, 7) is 5.50. The summed E-state index contributed by atoms with van der Waals surface area (Å²) in [6.07, 6.45) is 6.37. The first-order valence-electron chi connectivity index (χ1n) is 7.81. The number of rotatable bonds is 6. The minimum absolute atomic E-state index is 0.521. The molecular weight excluding hydrogens is 289 g/mol. The molecule has 112 valence electrons. The zero-order valence-corrected chi connectivity index (χ0v) is 14.0. The van der Waals surface area contributed by atoms with Gasteiger partial charge in [-0.15, -0.1) is 0 Å². The Morgan fingerprint density at radius 3 is 2.70 bits per heavy atom. The first-order valence-corrected chi connectivity index (χ1v) is 8.56. The van der Waals surface area contributed by atoms with Crippen molar-refractivity contribution < 1.29 is 0 Å². The van der Waals surface area contributed by atoms with Gasteiger partial charge in [0.25, 0.3) is 0 Å². The molecule has 0 spiro atoms. The van der Waals surface area contributed by atoms with Gasteiger partial charge in [-0.05, 0) is 61.4 Å². The van der Waals surface area contributed by atoms with Gasteiger partial charge < -0.3 is 5.32 Å². The predicted octanol–water partition coefficient (Wildman–Crippen LogP) is 5.34. The largest absolute Gasteiger partial charge is 0.314 e. The van der Waals surface area contributed by atoms with Crippen LogP contribution < -0.4 is 5.32 Å². The smallest absolute Gasteiger partial charge is 0.0439 e. The second kappa shape index (κ2) is 7.68. The molecule has 3 unspecified atom stereocenters. The van der Waals surface area contributed by atoms with E-state index in [9.17, 15) is 0 Å². The SMILES string of the molecule is CCNC(Cc1cc(Cl)ccc1Cl)C1CCC(CC)C1. The van der Waals surface area contributed by atoms with Crippen LogP contribution in [0.15, 0.2) is 18.2 Å². The summed E-state index contributed by atoms with van der Waals surface area (Å²) >= 11 is 12.4. The average Bonchev–Trinajstić information content (AvgIpc) is 2.91. The molecule has 1 N–H and O–H groups in total. The first kappa shape index (κ1) is 16.1. The Hall–Kier alpha value is -0.240. The third-order valence-corrected chi connectivity index (χ3v) is 5.25. The fraction of sp³-hybridized carbons (Fsp3) is 0.647. The Bertz CT molecular complexity index is 433. The predicted molar refractivity (Wildman–Crippen MR) is 88.8 cm³/mol. The van der Waals surface area contributed by atoms with Crippen LogP contribution in [0.5, 0.6) is 0 Å². The van der Waals surface area contributed by atoms with E-state index in [-0.39, 0.29) is 0 Å². The van der Waals surface area contributed by atoms with E-state index in [2.05, 4.69) is 19.2 Å². The zero-order valence-electron chi connectivity index (χ0n) is 12.5. The molecule has 0 heterocycles. The van der Waals surface area contributed by atoms with Gasteiger partial charge >= 0.3 is 0 Å². The molecule has 1 nitrogen and oxygen atoms in total. The summed E-state index contributed by atoms with van der Waals surface area (Å²) in [7, 11) is 0. The third-order valence-electron chi connectivity index (χ3n) is 4.64. The molecule has 1 aromatic carbocycles. The lowest BCUT2D eigenvalue weighted by Crippen LogP contribution is -2.37. The molecule has 20 heavy (non-hydrogen) atoms. The van der Waals surface area contributed by atoms with Gasteiger partial charge in [0, 0.05) is 16.1 Å². The van der Waals surface area contributed by atoms with Crippen LogP contribution in [-0.4, -0.2) is 12.6 Å². The van der Waals surface area contributed by atoms with Crippen LogP contribution >= 0.6 is 23.2 Å². The van der Waals surface area contributed by atoms with Crippen molar-refractivity contribution in [2.45, 2.75) is 52.0 Å². The molecule has 0 amide bonds. The Morgan fingerprint density at radius 1 is 1.25 bits per heavy atom. The first-order chi connectivity index (χ1) is 9.63. The molecule has 0 bridgehead atoms. The van der Waals surface area contributed by atoms with Crippen molar-refractivity contribution in [1.29, 1.82) is 0 Å². The maximum atomic E-state index is 6.32. The highest BCUT2D eigenvalue weighted by atomic mass is 35.5. The molecule has 1 aromatic rings. The molecule has 1 fully saturated rings. The molecule has 1 aliphatic carbocycles. The van der Waals surface area contributed by atoms with E-state index >= 15 is 0 Å². The van der Waals surface area contributed by atoms with Crippen LogP contribution in [0.3, 0.4) is 0 Å². The monoisotopic (exact) mass is 313 g/mol. The van der Waals surface area contributed by atoms with Crippen molar-refractivity contribution in [1.82, 2.24) is 5.32 Å². The molecule has 0 saturated heterocycles. The van der Waals surface area contributed by atoms with Crippen LogP contribution in [0.2, 0.25) is 10.0 Å². The van der Waals surface area contributed by atoms with E-state index < -0.39 is 0 Å². The quantitative estimate of drug-likeness (QED) is 0.747. The standard InChI is InChI=1S/C17H25Cl2N/c1-3-12-5-6-13(9-12)17(20-4-2)11-14-10-15(18)7-8-16(14)19/h7-8,10,12-13,17,20H,3-6,9,11H2,1-2H3. The lowest BCUT2D eigenvalue weighted by atomic mass is 9.91. The second-order valence-corrected chi connectivity index (χ2v) is 6.80. The van der Waals surface area contributed by atoms with E-state index in [1.54, 1.807) is 0 Å². The van der Waals surface area contributed by atoms with Crippen LogP contribution in [0.1, 0.15) is 45.1 Å². The Labute approximate surface area is 133 Å². The highest BCUT2D eigenvalue weighted by molar-refractivity contribution is 6.33. The molecule has 1 aliphatic rings. The van der Waals surface area contributed by atoms with Crippen molar-refractivity contribution in [3.63, 3.8) is 0 Å². The number of nitrogens with one attached hydrogen (secondary N) is 1. The van der Waals surface area contributed by atoms with Gasteiger partial charge in [-0.3, -0.25) is 0 Å². The summed E-state index contributed by atoms with van der Waals surface area (Å²) in [5.41, 5.74) is 1.17. The molecule has 0 radical (unpaired) electrons. The number of halogens is 2. The molecule has 2 rings (SSSR count). The van der Waals surface area contributed by atoms with Gasteiger partial charge in [0.15, 0.2) is 0 Å². The van der Waals surface area contributed by atoms with Crippen LogP contribution in [0.4, 0.5) is 0 Å². The minimum atomic E-state index is 0.521. The number of hydrogen-bond donors (Lipinski definition) is 1. The van der Waals surface area contributed by atoms with Crippen molar-refractivity contribution >= 4 is 23.2 Å². The van der Waals surface area contributed by atoms with Crippen LogP contribution in [-0.2, 0) is 6.42 Å². The molecule has 3 atom stereocenters. The van der Waals surface area contributed by atoms with Gasteiger partial charge in [-0.2, -0.15) is 0 Å². The number of hydrogen-bond acceptors (Lipinski definition) is 1. The summed E-state index contributed by atoms with van der Waals surface area (Å²) in [5.74, 6) is 1.69. The molecule has 0 aliphatic heterocycles. The van der Waals surface area contributed by atoms with E-state index in [0.717, 1.165) is 34.8 Å².